The molecule has 0 fully saturated rings. The van der Waals surface area contributed by atoms with Gasteiger partial charge in [-0.2, -0.15) is 0 Å². The minimum Gasteiger partial charge on any atom is -0.417 e. The fourth-order valence-electron chi connectivity index (χ4n) is 4.21. The van der Waals surface area contributed by atoms with Crippen LogP contribution in [0.5, 0.6) is 0 Å². The number of fused-ring (bicyclic) bond motifs is 2. The lowest BCUT2D eigenvalue weighted by Gasteiger charge is -2.14. The smallest absolute Gasteiger partial charge is 0.230 e. The van der Waals surface area contributed by atoms with E-state index in [1.165, 1.54) is 19.4 Å². The third-order valence-corrected chi connectivity index (χ3v) is 22.6. The molecule has 274 valence electrons. The van der Waals surface area contributed by atoms with Crippen LogP contribution in [0.4, 0.5) is 0 Å². The van der Waals surface area contributed by atoms with Crippen molar-refractivity contribution in [3.8, 4) is 0 Å². The molecule has 0 saturated heterocycles. The number of hydrogen-bond donors (Lipinski definition) is 0. The van der Waals surface area contributed by atoms with Crippen LogP contribution < -0.4 is 0 Å². The Morgan fingerprint density at radius 3 is 1.48 bits per heavy atom. The summed E-state index contributed by atoms with van der Waals surface area (Å²) in [6.07, 6.45) is 1.37. The van der Waals surface area contributed by atoms with Gasteiger partial charge in [-0.25, -0.2) is 9.97 Å². The Balaban J connectivity index is 1.15. The number of aromatic nitrogens is 2. The highest BCUT2D eigenvalue weighted by Crippen LogP contribution is 2.54. The summed E-state index contributed by atoms with van der Waals surface area (Å²) in [5.74, 6) is 2.72. The summed E-state index contributed by atoms with van der Waals surface area (Å²) in [5.41, 5.74) is 2.17. The number of thiazole rings is 2. The van der Waals surface area contributed by atoms with Crippen LogP contribution in [-0.2, 0) is 27.8 Å². The van der Waals surface area contributed by atoms with Gasteiger partial charge in [0, 0.05) is 50.8 Å². The summed E-state index contributed by atoms with van der Waals surface area (Å²) in [5, 5.41) is 2.41. The zero-order valence-corrected chi connectivity index (χ0v) is 37.1. The second-order valence-electron chi connectivity index (χ2n) is 10.7. The molecule has 8 nitrogen and oxygen atoms in total. The molecular formula is C32H44N2O6S8Si2. The van der Waals surface area contributed by atoms with E-state index in [1.807, 2.05) is 97.4 Å². The fourth-order valence-corrected chi connectivity index (χ4v) is 21.1. The zero-order valence-electron chi connectivity index (χ0n) is 28.6. The van der Waals surface area contributed by atoms with Crippen molar-refractivity contribution in [1.82, 2.24) is 9.97 Å². The first-order valence-corrected chi connectivity index (χ1v) is 27.9. The maximum atomic E-state index is 6.01. The second kappa shape index (κ2) is 26.3. The average molecular weight is 865 g/mol. The Morgan fingerprint density at radius 2 is 1.06 bits per heavy atom. The van der Waals surface area contributed by atoms with Crippen LogP contribution in [0, 0.1) is 0 Å². The van der Waals surface area contributed by atoms with Crippen molar-refractivity contribution in [2.75, 3.05) is 52.2 Å². The predicted octanol–water partition coefficient (Wildman–Crippen LogP) is 10.7. The van der Waals surface area contributed by atoms with Gasteiger partial charge in [-0.15, -0.1) is 22.7 Å². The SMILES string of the molecule is COC(C)OCCCO[Si]CC(CSSSSSSCC(C[Si]OCCCOC(C)OC)c1nc2ccccc2s1)c1nc2ccccc2s1. The summed E-state index contributed by atoms with van der Waals surface area (Å²) in [6, 6.07) is 18.8. The highest BCUT2D eigenvalue weighted by Gasteiger charge is 2.20. The van der Waals surface area contributed by atoms with Gasteiger partial charge in [0.25, 0.3) is 0 Å². The molecule has 2 heterocycles. The number of nitrogens with zero attached hydrogens (tertiary/aromatic N) is 2. The van der Waals surface area contributed by atoms with Crippen LogP contribution in [0.1, 0.15) is 48.5 Å². The number of methoxy groups -OCH3 is 2. The predicted molar refractivity (Wildman–Crippen MR) is 227 cm³/mol. The largest absolute Gasteiger partial charge is 0.417 e. The molecule has 50 heavy (non-hydrogen) atoms. The number of benzene rings is 2. The highest BCUT2D eigenvalue weighted by atomic mass is 33.9. The number of hydrogen-bond acceptors (Lipinski definition) is 16. The minimum absolute atomic E-state index is 0.178. The van der Waals surface area contributed by atoms with Crippen molar-refractivity contribution >= 4 is 124 Å². The van der Waals surface area contributed by atoms with Crippen molar-refractivity contribution in [3.63, 3.8) is 0 Å². The van der Waals surface area contributed by atoms with Crippen LogP contribution in [-0.4, -0.2) is 94.2 Å². The molecule has 4 rings (SSSR count). The maximum absolute atomic E-state index is 6.01. The molecule has 0 aliphatic heterocycles. The lowest BCUT2D eigenvalue weighted by molar-refractivity contribution is -0.112. The third-order valence-electron chi connectivity index (χ3n) is 7.05. The number of ether oxygens (including phenoxy) is 4. The van der Waals surface area contributed by atoms with Crippen LogP contribution in [0.3, 0.4) is 0 Å². The molecule has 4 aromatic rings. The van der Waals surface area contributed by atoms with Crippen molar-refractivity contribution in [2.24, 2.45) is 0 Å². The molecule has 0 N–H and O–H groups in total. The number of rotatable bonds is 29. The summed E-state index contributed by atoms with van der Waals surface area (Å²) in [7, 11) is 15.4. The zero-order chi connectivity index (χ0) is 35.2. The summed E-state index contributed by atoms with van der Waals surface area (Å²) in [6.45, 7) is 6.48. The first kappa shape index (κ1) is 43.2. The number of para-hydroxylation sites is 2. The Labute approximate surface area is 332 Å². The molecule has 0 bridgehead atoms. The van der Waals surface area contributed by atoms with Crippen molar-refractivity contribution in [2.45, 2.75) is 63.2 Å². The molecule has 2 aromatic heterocycles. The van der Waals surface area contributed by atoms with E-state index >= 15 is 0 Å². The Hall–Kier alpha value is 0.514. The Kier molecular flexibility index (Phi) is 22.8. The first-order chi connectivity index (χ1) is 24.6. The van der Waals surface area contributed by atoms with E-state index in [2.05, 4.69) is 48.5 Å². The normalized spacial score (nSPS) is 14.4. The van der Waals surface area contributed by atoms with Crippen LogP contribution >= 0.6 is 83.6 Å². The summed E-state index contributed by atoms with van der Waals surface area (Å²) >= 11 is 3.62. The van der Waals surface area contributed by atoms with Crippen LogP contribution in [0.15, 0.2) is 48.5 Å². The Bertz CT molecular complexity index is 1300. The van der Waals surface area contributed by atoms with Gasteiger partial charge in [0.15, 0.2) is 12.6 Å². The van der Waals surface area contributed by atoms with Crippen LogP contribution in [0.25, 0.3) is 20.4 Å². The van der Waals surface area contributed by atoms with Gasteiger partial charge in [0.1, 0.15) is 0 Å². The van der Waals surface area contributed by atoms with Crippen molar-refractivity contribution < 1.29 is 27.8 Å². The molecule has 4 radical (unpaired) electrons. The third kappa shape index (κ3) is 16.5. The quantitative estimate of drug-likeness (QED) is 0.0225. The standard InChI is InChI=1S/C32H44N2O6S8Si2/c1-23(35-3)37-15-9-17-39-49-21-25(31-33-27-11-5-7-13-29(27)43-31)19-41-45-47-48-46-42-20-26(22-50-40-18-10-16-38-24(2)36-4)32-34-28-12-6-8-14-30(28)44-32/h5-8,11-14,23-26H,9-10,15-22H2,1-4H3. The van der Waals surface area contributed by atoms with E-state index in [0.29, 0.717) is 57.8 Å². The molecule has 0 saturated carbocycles. The topological polar surface area (TPSA) is 81.2 Å². The van der Waals surface area contributed by atoms with Gasteiger partial charge in [0.05, 0.1) is 43.7 Å². The van der Waals surface area contributed by atoms with Gasteiger partial charge in [-0.05, 0) is 102 Å². The van der Waals surface area contributed by atoms with Gasteiger partial charge in [0.2, 0.25) is 19.5 Å². The second-order valence-corrected chi connectivity index (χ2v) is 24.4. The first-order valence-electron chi connectivity index (χ1n) is 16.2. The van der Waals surface area contributed by atoms with Crippen molar-refractivity contribution in [1.29, 1.82) is 0 Å². The van der Waals surface area contributed by atoms with Gasteiger partial charge in [-0.3, -0.25) is 0 Å². The van der Waals surface area contributed by atoms with Gasteiger partial charge in [-0.1, -0.05) is 45.9 Å². The van der Waals surface area contributed by atoms with E-state index in [9.17, 15) is 0 Å². The fraction of sp³-hybridized carbons (Fsp3) is 0.562. The molecule has 4 atom stereocenters. The molecule has 0 aliphatic carbocycles. The monoisotopic (exact) mass is 864 g/mol. The van der Waals surface area contributed by atoms with E-state index in [0.717, 1.165) is 47.5 Å². The van der Waals surface area contributed by atoms with E-state index in [1.54, 1.807) is 14.2 Å². The molecular weight excluding hydrogens is 821 g/mol. The van der Waals surface area contributed by atoms with Gasteiger partial charge < -0.3 is 27.8 Å². The maximum Gasteiger partial charge on any atom is 0.230 e. The summed E-state index contributed by atoms with van der Waals surface area (Å²) in [4.78, 5) is 9.97. The van der Waals surface area contributed by atoms with Gasteiger partial charge >= 0.3 is 0 Å². The minimum atomic E-state index is -0.178. The lowest BCUT2D eigenvalue weighted by Crippen LogP contribution is -2.13. The van der Waals surface area contributed by atoms with E-state index in [4.69, 9.17) is 37.8 Å². The van der Waals surface area contributed by atoms with E-state index in [-0.39, 0.29) is 12.6 Å². The average Bonchev–Trinajstić information content (AvgIpc) is 3.77. The highest BCUT2D eigenvalue weighted by molar-refractivity contribution is 9.41. The van der Waals surface area contributed by atoms with Crippen LogP contribution in [0.2, 0.25) is 12.1 Å². The van der Waals surface area contributed by atoms with E-state index < -0.39 is 0 Å². The van der Waals surface area contributed by atoms with Crippen molar-refractivity contribution in [3.05, 3.63) is 58.5 Å². The molecule has 18 heteroatoms. The lowest BCUT2D eigenvalue weighted by atomic mass is 10.2. The molecule has 0 amide bonds. The molecule has 2 aromatic carbocycles. The molecule has 0 aliphatic rings. The summed E-state index contributed by atoms with van der Waals surface area (Å²) < 4.78 is 35.9. The molecule has 0 spiro atoms. The molecule has 4 unspecified atom stereocenters. The Morgan fingerprint density at radius 1 is 0.620 bits per heavy atom.